The third kappa shape index (κ3) is 3.35. The Morgan fingerprint density at radius 2 is 2.15 bits per heavy atom. The molecule has 0 bridgehead atoms. The highest BCUT2D eigenvalue weighted by Gasteiger charge is 2.30. The van der Waals surface area contributed by atoms with Crippen LogP contribution in [-0.4, -0.2) is 30.4 Å². The normalized spacial score (nSPS) is 22.6. The fourth-order valence-corrected chi connectivity index (χ4v) is 3.73. The Hall–Kier alpha value is -0.580. The highest BCUT2D eigenvalue weighted by atomic mass is 79.9. The second-order valence-electron chi connectivity index (χ2n) is 5.39. The summed E-state index contributed by atoms with van der Waals surface area (Å²) in [5, 5.41) is 0.483. The van der Waals surface area contributed by atoms with Gasteiger partial charge in [-0.3, -0.25) is 4.79 Å². The maximum absolute atomic E-state index is 12.6. The maximum Gasteiger partial charge on any atom is 0.255 e. The second kappa shape index (κ2) is 6.92. The first kappa shape index (κ1) is 15.8. The molecule has 0 radical (unpaired) electrons. The van der Waals surface area contributed by atoms with Crippen molar-refractivity contribution in [3.8, 4) is 0 Å². The predicted molar refractivity (Wildman–Crippen MR) is 86.0 cm³/mol. The summed E-state index contributed by atoms with van der Waals surface area (Å²) in [5.74, 6) is 0.375. The largest absolute Gasteiger partial charge is 0.338 e. The van der Waals surface area contributed by atoms with Crippen molar-refractivity contribution >= 4 is 33.4 Å². The lowest BCUT2D eigenvalue weighted by atomic mass is 9.83. The lowest BCUT2D eigenvalue weighted by molar-refractivity contribution is 0.0620. The van der Waals surface area contributed by atoms with Crippen molar-refractivity contribution in [1.82, 2.24) is 4.90 Å². The summed E-state index contributed by atoms with van der Waals surface area (Å²) < 4.78 is 0.874. The van der Waals surface area contributed by atoms with Crippen LogP contribution < -0.4 is 5.73 Å². The van der Waals surface area contributed by atoms with E-state index in [9.17, 15) is 4.79 Å². The van der Waals surface area contributed by atoms with Crippen LogP contribution in [0.2, 0.25) is 5.02 Å². The maximum atomic E-state index is 12.6. The predicted octanol–water partition coefficient (Wildman–Crippen LogP) is 3.69. The Morgan fingerprint density at radius 3 is 2.80 bits per heavy atom. The first-order chi connectivity index (χ1) is 9.54. The molecule has 3 nitrogen and oxygen atoms in total. The Bertz CT molecular complexity index is 495. The number of rotatable bonds is 3. The van der Waals surface area contributed by atoms with E-state index in [1.54, 1.807) is 12.1 Å². The Morgan fingerprint density at radius 1 is 1.45 bits per heavy atom. The Kier molecular flexibility index (Phi) is 5.47. The van der Waals surface area contributed by atoms with Crippen molar-refractivity contribution in [3.63, 3.8) is 0 Å². The van der Waals surface area contributed by atoms with Crippen molar-refractivity contribution in [2.75, 3.05) is 13.6 Å². The zero-order valence-electron chi connectivity index (χ0n) is 11.6. The standard InChI is InChI=1S/C15H20BrClN2O/c1-19(14-5-3-2-4-10(14)9-18)15(20)12-7-6-11(16)8-13(12)17/h6-8,10,14H,2-5,9,18H2,1H3. The van der Waals surface area contributed by atoms with Gasteiger partial charge in [-0.15, -0.1) is 0 Å². The van der Waals surface area contributed by atoms with Gasteiger partial charge in [-0.2, -0.15) is 0 Å². The molecular formula is C15H20BrClN2O. The molecule has 2 N–H and O–H groups in total. The molecule has 0 aromatic heterocycles. The number of halogens is 2. The van der Waals surface area contributed by atoms with E-state index < -0.39 is 0 Å². The van der Waals surface area contributed by atoms with Crippen LogP contribution in [0.3, 0.4) is 0 Å². The minimum Gasteiger partial charge on any atom is -0.338 e. The number of carbonyl (C=O) groups excluding carboxylic acids is 1. The lowest BCUT2D eigenvalue weighted by Gasteiger charge is -2.37. The van der Waals surface area contributed by atoms with Gasteiger partial charge in [0.1, 0.15) is 0 Å². The van der Waals surface area contributed by atoms with Gasteiger partial charge in [-0.1, -0.05) is 40.4 Å². The molecule has 0 aliphatic heterocycles. The third-order valence-corrected chi connectivity index (χ3v) is 4.96. The molecule has 2 unspecified atom stereocenters. The molecule has 0 saturated heterocycles. The zero-order valence-corrected chi connectivity index (χ0v) is 14.0. The number of hydrogen-bond donors (Lipinski definition) is 1. The summed E-state index contributed by atoms with van der Waals surface area (Å²) in [5.41, 5.74) is 6.40. The summed E-state index contributed by atoms with van der Waals surface area (Å²) in [7, 11) is 1.86. The molecule has 1 fully saturated rings. The Balaban J connectivity index is 2.18. The molecular weight excluding hydrogens is 340 g/mol. The molecule has 1 aromatic rings. The van der Waals surface area contributed by atoms with Crippen LogP contribution in [0.4, 0.5) is 0 Å². The number of benzene rings is 1. The summed E-state index contributed by atoms with van der Waals surface area (Å²) >= 11 is 9.53. The second-order valence-corrected chi connectivity index (χ2v) is 6.71. The number of amides is 1. The average molecular weight is 360 g/mol. The van der Waals surface area contributed by atoms with Gasteiger partial charge >= 0.3 is 0 Å². The van der Waals surface area contributed by atoms with Gasteiger partial charge in [-0.25, -0.2) is 0 Å². The lowest BCUT2D eigenvalue weighted by Crippen LogP contribution is -2.46. The van der Waals surface area contributed by atoms with Gasteiger partial charge < -0.3 is 10.6 Å². The van der Waals surface area contributed by atoms with Crippen molar-refractivity contribution in [1.29, 1.82) is 0 Å². The summed E-state index contributed by atoms with van der Waals surface area (Å²) in [4.78, 5) is 14.4. The monoisotopic (exact) mass is 358 g/mol. The van der Waals surface area contributed by atoms with Crippen molar-refractivity contribution < 1.29 is 4.79 Å². The summed E-state index contributed by atoms with van der Waals surface area (Å²) in [6, 6.07) is 5.59. The molecule has 2 rings (SSSR count). The van der Waals surface area contributed by atoms with E-state index >= 15 is 0 Å². The molecule has 0 spiro atoms. The first-order valence-corrected chi connectivity index (χ1v) is 8.14. The fraction of sp³-hybridized carbons (Fsp3) is 0.533. The van der Waals surface area contributed by atoms with Crippen molar-refractivity contribution in [2.24, 2.45) is 11.7 Å². The minimum atomic E-state index is -0.0205. The number of carbonyl (C=O) groups is 1. The number of nitrogens with two attached hydrogens (primary N) is 1. The van der Waals surface area contributed by atoms with Crippen LogP contribution in [0.25, 0.3) is 0 Å². The van der Waals surface area contributed by atoms with Gasteiger partial charge in [0.2, 0.25) is 0 Å². The SMILES string of the molecule is CN(C(=O)c1ccc(Br)cc1Cl)C1CCCCC1CN. The molecule has 1 aliphatic carbocycles. The molecule has 20 heavy (non-hydrogen) atoms. The molecule has 1 saturated carbocycles. The molecule has 1 aromatic carbocycles. The van der Waals surface area contributed by atoms with Gasteiger partial charge in [-0.05, 0) is 43.5 Å². The van der Waals surface area contributed by atoms with Crippen LogP contribution in [0.15, 0.2) is 22.7 Å². The van der Waals surface area contributed by atoms with Crippen LogP contribution in [0, 0.1) is 5.92 Å². The minimum absolute atomic E-state index is 0.0205. The Labute approximate surface area is 133 Å². The van der Waals surface area contributed by atoms with Gasteiger partial charge in [0.25, 0.3) is 5.91 Å². The average Bonchev–Trinajstić information content (AvgIpc) is 2.45. The van der Waals surface area contributed by atoms with E-state index in [1.807, 2.05) is 18.0 Å². The van der Waals surface area contributed by atoms with Crippen LogP contribution >= 0.6 is 27.5 Å². The van der Waals surface area contributed by atoms with Gasteiger partial charge in [0.05, 0.1) is 10.6 Å². The topological polar surface area (TPSA) is 46.3 Å². The highest BCUT2D eigenvalue weighted by molar-refractivity contribution is 9.10. The van der Waals surface area contributed by atoms with E-state index in [-0.39, 0.29) is 11.9 Å². The molecule has 0 heterocycles. The fourth-order valence-electron chi connectivity index (χ4n) is 2.98. The van der Waals surface area contributed by atoms with E-state index in [4.69, 9.17) is 17.3 Å². The van der Waals surface area contributed by atoms with Gasteiger partial charge in [0, 0.05) is 17.6 Å². The van der Waals surface area contributed by atoms with Crippen molar-refractivity contribution in [2.45, 2.75) is 31.7 Å². The zero-order chi connectivity index (χ0) is 14.7. The van der Waals surface area contributed by atoms with E-state index in [0.29, 0.717) is 23.0 Å². The van der Waals surface area contributed by atoms with Crippen LogP contribution in [-0.2, 0) is 0 Å². The third-order valence-electron chi connectivity index (χ3n) is 4.15. The van der Waals surface area contributed by atoms with E-state index in [0.717, 1.165) is 23.7 Å². The summed E-state index contributed by atoms with van der Waals surface area (Å²) in [6.07, 6.45) is 4.50. The van der Waals surface area contributed by atoms with E-state index in [1.165, 1.54) is 6.42 Å². The molecule has 5 heteroatoms. The summed E-state index contributed by atoms with van der Waals surface area (Å²) in [6.45, 7) is 0.635. The van der Waals surface area contributed by atoms with Crippen molar-refractivity contribution in [3.05, 3.63) is 33.3 Å². The highest BCUT2D eigenvalue weighted by Crippen LogP contribution is 2.29. The molecule has 110 valence electrons. The van der Waals surface area contributed by atoms with Crippen LogP contribution in [0.1, 0.15) is 36.0 Å². The number of hydrogen-bond acceptors (Lipinski definition) is 2. The molecule has 2 atom stereocenters. The molecule has 1 aliphatic rings. The smallest absolute Gasteiger partial charge is 0.255 e. The van der Waals surface area contributed by atoms with Crippen LogP contribution in [0.5, 0.6) is 0 Å². The number of nitrogens with zero attached hydrogens (tertiary/aromatic N) is 1. The quantitative estimate of drug-likeness (QED) is 0.894. The van der Waals surface area contributed by atoms with Gasteiger partial charge in [0.15, 0.2) is 0 Å². The van der Waals surface area contributed by atoms with E-state index in [2.05, 4.69) is 15.9 Å². The first-order valence-electron chi connectivity index (χ1n) is 6.97. The molecule has 1 amide bonds.